The molecule has 2 N–H and O–H groups in total. The molecule has 0 radical (unpaired) electrons. The van der Waals surface area contributed by atoms with Crippen molar-refractivity contribution in [2.75, 3.05) is 33.5 Å². The lowest BCUT2D eigenvalue weighted by Crippen LogP contribution is -2.36. The van der Waals surface area contributed by atoms with Gasteiger partial charge in [-0.15, -0.1) is 24.0 Å². The van der Waals surface area contributed by atoms with Gasteiger partial charge >= 0.3 is 0 Å². The van der Waals surface area contributed by atoms with Gasteiger partial charge in [-0.2, -0.15) is 0 Å². The van der Waals surface area contributed by atoms with Crippen LogP contribution in [0.4, 0.5) is 0 Å². The van der Waals surface area contributed by atoms with Crippen molar-refractivity contribution < 1.29 is 14.2 Å². The zero-order valence-corrected chi connectivity index (χ0v) is 20.7. The molecule has 0 aliphatic rings. The Bertz CT molecular complexity index is 784. The van der Waals surface area contributed by atoms with Gasteiger partial charge in [0.1, 0.15) is 18.1 Å². The van der Waals surface area contributed by atoms with Crippen molar-refractivity contribution in [3.8, 4) is 11.5 Å². The lowest BCUT2D eigenvalue weighted by atomic mass is 10.1. The van der Waals surface area contributed by atoms with E-state index in [4.69, 9.17) is 14.2 Å². The Morgan fingerprint density at radius 1 is 1.03 bits per heavy atom. The fourth-order valence-electron chi connectivity index (χ4n) is 2.76. The first kappa shape index (κ1) is 26.0. The lowest BCUT2D eigenvalue weighted by Gasteiger charge is -2.15. The normalized spacial score (nSPS) is 10.9. The van der Waals surface area contributed by atoms with Crippen LogP contribution in [0.15, 0.2) is 47.5 Å². The molecule has 0 amide bonds. The zero-order chi connectivity index (χ0) is 20.9. The summed E-state index contributed by atoms with van der Waals surface area (Å²) in [5.74, 6) is 2.47. The highest BCUT2D eigenvalue weighted by Gasteiger charge is 2.06. The summed E-state index contributed by atoms with van der Waals surface area (Å²) >= 11 is 0. The fraction of sp³-hybridized carbons (Fsp3) is 0.435. The fourth-order valence-corrected chi connectivity index (χ4v) is 2.76. The minimum Gasteiger partial charge on any atom is -0.497 e. The summed E-state index contributed by atoms with van der Waals surface area (Å²) in [5.41, 5.74) is 3.34. The zero-order valence-electron chi connectivity index (χ0n) is 18.4. The molecule has 0 atom stereocenters. The van der Waals surface area contributed by atoms with Crippen LogP contribution in [0.2, 0.25) is 0 Å². The predicted molar refractivity (Wildman–Crippen MR) is 133 cm³/mol. The molecule has 0 unspecified atom stereocenters. The summed E-state index contributed by atoms with van der Waals surface area (Å²) < 4.78 is 16.6. The van der Waals surface area contributed by atoms with Crippen LogP contribution in [0.5, 0.6) is 11.5 Å². The summed E-state index contributed by atoms with van der Waals surface area (Å²) in [6, 6.07) is 14.2. The molecule has 166 valence electrons. The second-order valence-corrected chi connectivity index (χ2v) is 6.56. The smallest absolute Gasteiger partial charge is 0.191 e. The molecular formula is C23H34IN3O3. The standard InChI is InChI=1S/C23H33N3O3.HI/c1-5-24-23(25-16-19-8-7-9-21(15-19)27-4)26-17-20-11-10-18(3)14-22(20)29-13-12-28-6-2;/h7-11,14-15H,5-6,12-13,16-17H2,1-4H3,(H2,24,25,26);1H. The van der Waals surface area contributed by atoms with Gasteiger partial charge in [0.2, 0.25) is 0 Å². The van der Waals surface area contributed by atoms with Gasteiger partial charge in [0.05, 0.1) is 20.3 Å². The van der Waals surface area contributed by atoms with E-state index in [-0.39, 0.29) is 24.0 Å². The third-order valence-electron chi connectivity index (χ3n) is 4.26. The molecule has 6 nitrogen and oxygen atoms in total. The van der Waals surface area contributed by atoms with E-state index in [0.717, 1.165) is 35.1 Å². The van der Waals surface area contributed by atoms with Crippen LogP contribution in [0.1, 0.15) is 30.5 Å². The molecule has 0 aliphatic heterocycles. The largest absolute Gasteiger partial charge is 0.497 e. The Balaban J connectivity index is 0.00000450. The van der Waals surface area contributed by atoms with Crippen molar-refractivity contribution in [2.24, 2.45) is 4.99 Å². The van der Waals surface area contributed by atoms with E-state index in [2.05, 4.69) is 47.7 Å². The molecule has 0 fully saturated rings. The monoisotopic (exact) mass is 527 g/mol. The molecule has 7 heteroatoms. The van der Waals surface area contributed by atoms with E-state index in [9.17, 15) is 0 Å². The summed E-state index contributed by atoms with van der Waals surface area (Å²) in [4.78, 5) is 4.69. The molecule has 0 aliphatic carbocycles. The van der Waals surface area contributed by atoms with Crippen LogP contribution in [0, 0.1) is 6.92 Å². The van der Waals surface area contributed by atoms with E-state index in [0.29, 0.717) is 32.9 Å². The molecular weight excluding hydrogens is 493 g/mol. The van der Waals surface area contributed by atoms with Crippen LogP contribution in [0.3, 0.4) is 0 Å². The van der Waals surface area contributed by atoms with Crippen molar-refractivity contribution in [1.82, 2.24) is 10.6 Å². The van der Waals surface area contributed by atoms with Crippen molar-refractivity contribution in [2.45, 2.75) is 33.9 Å². The minimum absolute atomic E-state index is 0. The van der Waals surface area contributed by atoms with Crippen molar-refractivity contribution >= 4 is 29.9 Å². The molecule has 0 heterocycles. The number of benzene rings is 2. The maximum absolute atomic E-state index is 5.93. The van der Waals surface area contributed by atoms with E-state index in [1.54, 1.807) is 7.11 Å². The van der Waals surface area contributed by atoms with Gasteiger partial charge in [-0.05, 0) is 50.1 Å². The Morgan fingerprint density at radius 2 is 1.87 bits per heavy atom. The number of nitrogens with one attached hydrogen (secondary N) is 2. The van der Waals surface area contributed by atoms with Crippen molar-refractivity contribution in [3.05, 3.63) is 59.2 Å². The Hall–Kier alpha value is -2.00. The quantitative estimate of drug-likeness (QED) is 0.198. The molecule has 0 saturated heterocycles. The number of methoxy groups -OCH3 is 1. The first-order valence-electron chi connectivity index (χ1n) is 10.1. The van der Waals surface area contributed by atoms with Gasteiger partial charge in [-0.25, -0.2) is 4.99 Å². The van der Waals surface area contributed by atoms with Crippen LogP contribution >= 0.6 is 24.0 Å². The maximum atomic E-state index is 5.93. The molecule has 0 spiro atoms. The van der Waals surface area contributed by atoms with Gasteiger partial charge in [0, 0.05) is 25.3 Å². The number of hydrogen-bond acceptors (Lipinski definition) is 4. The number of halogens is 1. The third-order valence-corrected chi connectivity index (χ3v) is 4.26. The number of aliphatic imine (C=N–C) groups is 1. The van der Waals surface area contributed by atoms with Crippen LogP contribution in [0.25, 0.3) is 0 Å². The molecule has 30 heavy (non-hydrogen) atoms. The van der Waals surface area contributed by atoms with Crippen LogP contribution in [-0.2, 0) is 17.8 Å². The molecule has 2 rings (SSSR count). The highest BCUT2D eigenvalue weighted by Crippen LogP contribution is 2.20. The van der Waals surface area contributed by atoms with Gasteiger partial charge in [0.15, 0.2) is 5.96 Å². The second kappa shape index (κ2) is 14.9. The number of guanidine groups is 1. The van der Waals surface area contributed by atoms with Crippen molar-refractivity contribution in [1.29, 1.82) is 0 Å². The molecule has 0 bridgehead atoms. The summed E-state index contributed by atoms with van der Waals surface area (Å²) in [7, 11) is 1.67. The van der Waals surface area contributed by atoms with E-state index < -0.39 is 0 Å². The molecule has 0 aromatic heterocycles. The Morgan fingerprint density at radius 3 is 2.60 bits per heavy atom. The van der Waals surface area contributed by atoms with E-state index in [1.165, 1.54) is 5.56 Å². The van der Waals surface area contributed by atoms with Gasteiger partial charge in [-0.3, -0.25) is 0 Å². The SMILES string of the molecule is CCNC(=NCc1cccc(OC)c1)NCc1ccc(C)cc1OCCOCC.I. The molecule has 2 aromatic carbocycles. The van der Waals surface area contributed by atoms with Gasteiger partial charge in [-0.1, -0.05) is 24.3 Å². The summed E-state index contributed by atoms with van der Waals surface area (Å²) in [5, 5.41) is 6.68. The topological polar surface area (TPSA) is 64.1 Å². The summed E-state index contributed by atoms with van der Waals surface area (Å²) in [6.07, 6.45) is 0. The number of rotatable bonds is 11. The first-order chi connectivity index (χ1) is 14.2. The molecule has 2 aromatic rings. The van der Waals surface area contributed by atoms with Gasteiger partial charge in [0.25, 0.3) is 0 Å². The summed E-state index contributed by atoms with van der Waals surface area (Å²) in [6.45, 7) is 9.89. The Labute approximate surface area is 197 Å². The average molecular weight is 527 g/mol. The number of hydrogen-bond donors (Lipinski definition) is 2. The van der Waals surface area contributed by atoms with E-state index >= 15 is 0 Å². The average Bonchev–Trinajstić information content (AvgIpc) is 2.74. The highest BCUT2D eigenvalue weighted by atomic mass is 127. The molecule has 0 saturated carbocycles. The first-order valence-corrected chi connectivity index (χ1v) is 10.1. The third kappa shape index (κ3) is 9.21. The van der Waals surface area contributed by atoms with E-state index in [1.807, 2.05) is 31.2 Å². The lowest BCUT2D eigenvalue weighted by molar-refractivity contribution is 0.110. The van der Waals surface area contributed by atoms with Crippen LogP contribution in [-0.4, -0.2) is 39.4 Å². The second-order valence-electron chi connectivity index (χ2n) is 6.56. The number of nitrogens with zero attached hydrogens (tertiary/aromatic N) is 1. The maximum Gasteiger partial charge on any atom is 0.191 e. The van der Waals surface area contributed by atoms with Crippen LogP contribution < -0.4 is 20.1 Å². The highest BCUT2D eigenvalue weighted by molar-refractivity contribution is 14.0. The number of aryl methyl sites for hydroxylation is 1. The predicted octanol–water partition coefficient (Wildman–Crippen LogP) is 4.29. The van der Waals surface area contributed by atoms with Crippen molar-refractivity contribution in [3.63, 3.8) is 0 Å². The Kier molecular flexibility index (Phi) is 12.9. The minimum atomic E-state index is 0. The van der Waals surface area contributed by atoms with Gasteiger partial charge < -0.3 is 24.8 Å². The number of ether oxygens (including phenoxy) is 3.